The highest BCUT2D eigenvalue weighted by atomic mass is 127. The van der Waals surface area contributed by atoms with E-state index in [0.717, 1.165) is 31.2 Å². The fraction of sp³-hybridized carbons (Fsp3) is 0.750. The molecule has 2 rings (SSSR count). The van der Waals surface area contributed by atoms with Crippen LogP contribution in [0.5, 0.6) is 0 Å². The molecule has 0 spiro atoms. The summed E-state index contributed by atoms with van der Waals surface area (Å²) in [7, 11) is 0. The molecular weight excluding hydrogens is 403 g/mol. The minimum absolute atomic E-state index is 0. The molecule has 0 saturated carbocycles. The number of aromatic nitrogens is 2. The average Bonchev–Trinajstić information content (AvgIpc) is 2.92. The zero-order chi connectivity index (χ0) is 15.5. The molecule has 1 aliphatic heterocycles. The number of guanidine groups is 1. The molecule has 0 radical (unpaired) electrons. The standard InChI is InChI=1S/C16H30N6.HI/c1-2-17-16(19-14-15-8-10-20-21-15)18-9-7-13-22-11-5-3-4-6-12-22;/h8,10H,2-7,9,11-14H2,1H3,(H,20,21)(H2,17,18,19);1H. The van der Waals surface area contributed by atoms with Crippen molar-refractivity contribution in [1.29, 1.82) is 0 Å². The van der Waals surface area contributed by atoms with Crippen molar-refractivity contribution in [3.05, 3.63) is 18.0 Å². The molecule has 3 N–H and O–H groups in total. The van der Waals surface area contributed by atoms with Crippen molar-refractivity contribution in [2.24, 2.45) is 4.99 Å². The maximum absolute atomic E-state index is 4.56. The number of likely N-dealkylation sites (tertiary alicyclic amines) is 1. The van der Waals surface area contributed by atoms with Crippen molar-refractivity contribution < 1.29 is 0 Å². The Morgan fingerprint density at radius 1 is 1.26 bits per heavy atom. The normalized spacial score (nSPS) is 16.5. The molecule has 1 aromatic heterocycles. The summed E-state index contributed by atoms with van der Waals surface area (Å²) in [6.45, 7) is 8.28. The topological polar surface area (TPSA) is 68.3 Å². The molecule has 1 saturated heterocycles. The van der Waals surface area contributed by atoms with Crippen LogP contribution in [0.4, 0.5) is 0 Å². The van der Waals surface area contributed by atoms with Gasteiger partial charge in [0, 0.05) is 19.3 Å². The Morgan fingerprint density at radius 3 is 2.70 bits per heavy atom. The molecule has 23 heavy (non-hydrogen) atoms. The maximum Gasteiger partial charge on any atom is 0.191 e. The van der Waals surface area contributed by atoms with Gasteiger partial charge in [-0.2, -0.15) is 5.10 Å². The predicted octanol–water partition coefficient (Wildman–Crippen LogP) is 2.35. The van der Waals surface area contributed by atoms with Crippen molar-refractivity contribution in [2.75, 3.05) is 32.7 Å². The molecular formula is C16H31IN6. The van der Waals surface area contributed by atoms with Crippen LogP contribution in [0.2, 0.25) is 0 Å². The first-order valence-corrected chi connectivity index (χ1v) is 8.61. The van der Waals surface area contributed by atoms with E-state index in [1.165, 1.54) is 45.3 Å². The summed E-state index contributed by atoms with van der Waals surface area (Å²) in [5, 5.41) is 13.6. The molecule has 2 heterocycles. The molecule has 7 heteroatoms. The van der Waals surface area contributed by atoms with Crippen molar-refractivity contribution in [1.82, 2.24) is 25.7 Å². The van der Waals surface area contributed by atoms with Crippen molar-refractivity contribution in [3.63, 3.8) is 0 Å². The van der Waals surface area contributed by atoms with Crippen molar-refractivity contribution in [2.45, 2.75) is 45.6 Å². The summed E-state index contributed by atoms with van der Waals surface area (Å²) in [4.78, 5) is 7.17. The average molecular weight is 434 g/mol. The van der Waals surface area contributed by atoms with Crippen LogP contribution in [0, 0.1) is 0 Å². The van der Waals surface area contributed by atoms with E-state index in [9.17, 15) is 0 Å². The third-order valence-corrected chi connectivity index (χ3v) is 3.95. The monoisotopic (exact) mass is 434 g/mol. The van der Waals surface area contributed by atoms with Gasteiger partial charge in [0.15, 0.2) is 5.96 Å². The Hall–Kier alpha value is -0.830. The summed E-state index contributed by atoms with van der Waals surface area (Å²) in [5.41, 5.74) is 1.03. The largest absolute Gasteiger partial charge is 0.357 e. The lowest BCUT2D eigenvalue weighted by atomic mass is 10.2. The number of halogens is 1. The van der Waals surface area contributed by atoms with Gasteiger partial charge >= 0.3 is 0 Å². The van der Waals surface area contributed by atoms with Gasteiger partial charge in [-0.15, -0.1) is 24.0 Å². The third-order valence-electron chi connectivity index (χ3n) is 3.95. The van der Waals surface area contributed by atoms with E-state index in [1.807, 2.05) is 6.07 Å². The van der Waals surface area contributed by atoms with Crippen molar-refractivity contribution >= 4 is 29.9 Å². The predicted molar refractivity (Wildman–Crippen MR) is 106 cm³/mol. The van der Waals surface area contributed by atoms with Gasteiger partial charge in [0.25, 0.3) is 0 Å². The van der Waals surface area contributed by atoms with E-state index in [-0.39, 0.29) is 24.0 Å². The number of hydrogen-bond acceptors (Lipinski definition) is 3. The minimum Gasteiger partial charge on any atom is -0.357 e. The zero-order valence-corrected chi connectivity index (χ0v) is 16.5. The van der Waals surface area contributed by atoms with Crippen LogP contribution in [0.25, 0.3) is 0 Å². The minimum atomic E-state index is 0. The number of hydrogen-bond donors (Lipinski definition) is 3. The van der Waals surface area contributed by atoms with Crippen LogP contribution in [0.15, 0.2) is 17.3 Å². The number of H-pyrrole nitrogens is 1. The SMILES string of the molecule is CCNC(=NCc1ccn[nH]1)NCCCN1CCCCCC1.I. The summed E-state index contributed by atoms with van der Waals surface area (Å²) in [6, 6.07) is 1.95. The Bertz CT molecular complexity index is 412. The fourth-order valence-corrected chi connectivity index (χ4v) is 2.75. The number of rotatable bonds is 7. The van der Waals surface area contributed by atoms with Crippen LogP contribution in [0.3, 0.4) is 0 Å². The highest BCUT2D eigenvalue weighted by Gasteiger charge is 2.08. The molecule has 0 unspecified atom stereocenters. The Morgan fingerprint density at radius 2 is 2.04 bits per heavy atom. The van der Waals surface area contributed by atoms with E-state index in [0.29, 0.717) is 6.54 Å². The van der Waals surface area contributed by atoms with E-state index < -0.39 is 0 Å². The fourth-order valence-electron chi connectivity index (χ4n) is 2.75. The van der Waals surface area contributed by atoms with Gasteiger partial charge in [0.05, 0.1) is 12.2 Å². The first-order valence-electron chi connectivity index (χ1n) is 8.61. The third kappa shape index (κ3) is 8.55. The Labute approximate surface area is 156 Å². The smallest absolute Gasteiger partial charge is 0.191 e. The highest BCUT2D eigenvalue weighted by molar-refractivity contribution is 14.0. The molecule has 0 amide bonds. The summed E-state index contributed by atoms with van der Waals surface area (Å²) >= 11 is 0. The van der Waals surface area contributed by atoms with Crippen LogP contribution < -0.4 is 10.6 Å². The van der Waals surface area contributed by atoms with Gasteiger partial charge in [-0.05, 0) is 51.9 Å². The molecule has 1 aliphatic rings. The van der Waals surface area contributed by atoms with Gasteiger partial charge in [0.1, 0.15) is 0 Å². The maximum atomic E-state index is 4.56. The van der Waals surface area contributed by atoms with Gasteiger partial charge in [-0.25, -0.2) is 4.99 Å². The van der Waals surface area contributed by atoms with Gasteiger partial charge in [-0.3, -0.25) is 5.10 Å². The lowest BCUT2D eigenvalue weighted by Gasteiger charge is -2.20. The molecule has 1 aromatic rings. The number of nitrogens with zero attached hydrogens (tertiary/aromatic N) is 3. The van der Waals surface area contributed by atoms with Crippen LogP contribution in [0.1, 0.15) is 44.7 Å². The van der Waals surface area contributed by atoms with E-state index >= 15 is 0 Å². The second kappa shape index (κ2) is 12.6. The molecule has 0 bridgehead atoms. The highest BCUT2D eigenvalue weighted by Crippen LogP contribution is 2.09. The van der Waals surface area contributed by atoms with E-state index in [2.05, 4.69) is 37.6 Å². The Kier molecular flexibility index (Phi) is 11.1. The Balaban J connectivity index is 0.00000264. The molecule has 6 nitrogen and oxygen atoms in total. The van der Waals surface area contributed by atoms with E-state index in [1.54, 1.807) is 6.20 Å². The summed E-state index contributed by atoms with van der Waals surface area (Å²) in [5.74, 6) is 0.882. The summed E-state index contributed by atoms with van der Waals surface area (Å²) in [6.07, 6.45) is 8.45. The quantitative estimate of drug-likeness (QED) is 0.267. The number of aliphatic imine (C=N–C) groups is 1. The van der Waals surface area contributed by atoms with Gasteiger partial charge in [0.2, 0.25) is 0 Å². The van der Waals surface area contributed by atoms with E-state index in [4.69, 9.17) is 0 Å². The number of nitrogens with one attached hydrogen (secondary N) is 3. The van der Waals surface area contributed by atoms with Crippen LogP contribution in [-0.2, 0) is 6.54 Å². The second-order valence-corrected chi connectivity index (χ2v) is 5.81. The second-order valence-electron chi connectivity index (χ2n) is 5.81. The molecule has 0 atom stereocenters. The molecule has 1 fully saturated rings. The number of aromatic amines is 1. The van der Waals surface area contributed by atoms with Gasteiger partial charge < -0.3 is 15.5 Å². The first kappa shape index (κ1) is 20.2. The molecule has 0 aromatic carbocycles. The lowest BCUT2D eigenvalue weighted by molar-refractivity contribution is 0.282. The molecule has 0 aliphatic carbocycles. The first-order chi connectivity index (χ1) is 10.9. The zero-order valence-electron chi connectivity index (χ0n) is 14.2. The van der Waals surface area contributed by atoms with Crippen LogP contribution in [-0.4, -0.2) is 53.8 Å². The summed E-state index contributed by atoms with van der Waals surface area (Å²) < 4.78 is 0. The van der Waals surface area contributed by atoms with Crippen LogP contribution >= 0.6 is 24.0 Å². The van der Waals surface area contributed by atoms with Crippen molar-refractivity contribution in [3.8, 4) is 0 Å². The molecule has 132 valence electrons. The van der Waals surface area contributed by atoms with Gasteiger partial charge in [-0.1, -0.05) is 12.8 Å². The lowest BCUT2D eigenvalue weighted by Crippen LogP contribution is -2.39.